The zero-order chi connectivity index (χ0) is 16.0. The molecule has 1 heteroatoms. The fourth-order valence-corrected chi connectivity index (χ4v) is 2.62. The molecule has 0 aliphatic rings. The Morgan fingerprint density at radius 1 is 0.381 bits per heavy atom. The van der Waals surface area contributed by atoms with Crippen LogP contribution >= 0.6 is 0 Å². The molecule has 0 heterocycles. The average Bonchev–Trinajstić information content (AvgIpc) is 2.48. The quantitative estimate of drug-likeness (QED) is 0.315. The van der Waals surface area contributed by atoms with E-state index >= 15 is 0 Å². The van der Waals surface area contributed by atoms with Gasteiger partial charge in [0.25, 0.3) is 0 Å². The Morgan fingerprint density at radius 2 is 0.524 bits per heavy atom. The van der Waals surface area contributed by atoms with E-state index in [1.807, 2.05) is 0 Å². The second kappa shape index (κ2) is 24.9. The summed E-state index contributed by atoms with van der Waals surface area (Å²) < 4.78 is 0. The van der Waals surface area contributed by atoms with Crippen molar-refractivity contribution in [2.75, 3.05) is 6.61 Å². The third kappa shape index (κ3) is 28.8. The molecule has 0 bridgehead atoms. The van der Waals surface area contributed by atoms with E-state index in [4.69, 9.17) is 5.11 Å². The van der Waals surface area contributed by atoms with Gasteiger partial charge in [0.1, 0.15) is 0 Å². The van der Waals surface area contributed by atoms with Gasteiger partial charge in [0.15, 0.2) is 0 Å². The van der Waals surface area contributed by atoms with Crippen LogP contribution in [0.15, 0.2) is 0 Å². The van der Waals surface area contributed by atoms with Gasteiger partial charge in [-0.2, -0.15) is 0 Å². The molecule has 0 amide bonds. The number of unbranched alkanes of at least 4 members (excludes halogenated alkanes) is 15. The van der Waals surface area contributed by atoms with Crippen molar-refractivity contribution in [3.05, 3.63) is 0 Å². The molecule has 0 aromatic carbocycles. The summed E-state index contributed by atoms with van der Waals surface area (Å²) in [5.74, 6) is 0. The largest absolute Gasteiger partial charge is 0.397 e. The Bertz CT molecular complexity index is 129. The summed E-state index contributed by atoms with van der Waals surface area (Å²) in [4.78, 5) is 0. The highest BCUT2D eigenvalue weighted by molar-refractivity contribution is 4.49. The van der Waals surface area contributed by atoms with Gasteiger partial charge in [-0.1, -0.05) is 117 Å². The third-order valence-corrected chi connectivity index (χ3v) is 3.96. The molecule has 0 saturated carbocycles. The molecule has 0 spiro atoms. The number of aliphatic hydroxyl groups is 1. The van der Waals surface area contributed by atoms with Crippen LogP contribution in [0, 0.1) is 0 Å². The van der Waals surface area contributed by atoms with Gasteiger partial charge in [-0.05, 0) is 6.92 Å². The Hall–Kier alpha value is -0.0400. The normalized spacial score (nSPS) is 10.3. The summed E-state index contributed by atoms with van der Waals surface area (Å²) >= 11 is 0. The van der Waals surface area contributed by atoms with E-state index in [-0.39, 0.29) is 6.61 Å². The van der Waals surface area contributed by atoms with Crippen LogP contribution in [0.2, 0.25) is 0 Å². The lowest BCUT2D eigenvalue weighted by molar-refractivity contribution is 0.318. The van der Waals surface area contributed by atoms with Gasteiger partial charge < -0.3 is 5.11 Å². The molecule has 130 valence electrons. The lowest BCUT2D eigenvalue weighted by atomic mass is 10.0. The van der Waals surface area contributed by atoms with E-state index in [1.54, 1.807) is 6.92 Å². The molecule has 0 aromatic rings. The fraction of sp³-hybridized carbons (Fsp3) is 1.00. The van der Waals surface area contributed by atoms with Crippen LogP contribution in [0.1, 0.15) is 124 Å². The van der Waals surface area contributed by atoms with Gasteiger partial charge in [0.05, 0.1) is 0 Å². The molecule has 0 aliphatic carbocycles. The van der Waals surface area contributed by atoms with E-state index in [1.165, 1.54) is 103 Å². The Kier molecular flexibility index (Phi) is 27.6. The van der Waals surface area contributed by atoms with Gasteiger partial charge in [0.2, 0.25) is 0 Å². The summed E-state index contributed by atoms with van der Waals surface area (Å²) in [5, 5.41) is 7.57. The van der Waals surface area contributed by atoms with Crippen molar-refractivity contribution in [3.8, 4) is 0 Å². The first-order valence-corrected chi connectivity index (χ1v) is 9.94. The van der Waals surface area contributed by atoms with Crippen LogP contribution in [-0.2, 0) is 0 Å². The standard InChI is InChI=1S/C18H38.C2H6O/c1-3-5-7-9-11-13-15-17-18-16-14-12-10-8-6-4-2;1-2-3/h3-18H2,1-2H3;3H,2H2,1H3. The topological polar surface area (TPSA) is 20.2 Å². The smallest absolute Gasteiger partial charge is 0.0402 e. The number of hydrogen-bond donors (Lipinski definition) is 1. The molecule has 21 heavy (non-hydrogen) atoms. The fourth-order valence-electron chi connectivity index (χ4n) is 2.62. The maximum absolute atomic E-state index is 7.57. The molecule has 1 nitrogen and oxygen atoms in total. The molecular formula is C20H44O. The first kappa shape index (κ1) is 23.2. The molecule has 0 rings (SSSR count). The number of rotatable bonds is 15. The lowest BCUT2D eigenvalue weighted by Crippen LogP contribution is -1.83. The monoisotopic (exact) mass is 300 g/mol. The molecule has 0 fully saturated rings. The highest BCUT2D eigenvalue weighted by Gasteiger charge is 1.93. The van der Waals surface area contributed by atoms with E-state index in [0.29, 0.717) is 0 Å². The summed E-state index contributed by atoms with van der Waals surface area (Å²) in [6, 6.07) is 0. The van der Waals surface area contributed by atoms with Gasteiger partial charge in [0, 0.05) is 6.61 Å². The van der Waals surface area contributed by atoms with E-state index in [2.05, 4.69) is 13.8 Å². The molecule has 0 unspecified atom stereocenters. The van der Waals surface area contributed by atoms with Crippen molar-refractivity contribution in [2.24, 2.45) is 0 Å². The summed E-state index contributed by atoms with van der Waals surface area (Å²) in [7, 11) is 0. The highest BCUT2D eigenvalue weighted by atomic mass is 16.2. The predicted molar refractivity (Wildman–Crippen MR) is 98.0 cm³/mol. The summed E-state index contributed by atoms with van der Waals surface area (Å²) in [6.07, 6.45) is 23.4. The van der Waals surface area contributed by atoms with Crippen LogP contribution in [0.3, 0.4) is 0 Å². The lowest BCUT2D eigenvalue weighted by Gasteiger charge is -2.03. The van der Waals surface area contributed by atoms with Crippen LogP contribution < -0.4 is 0 Å². The number of aliphatic hydroxyl groups excluding tert-OH is 1. The minimum atomic E-state index is 0.250. The third-order valence-electron chi connectivity index (χ3n) is 3.96. The van der Waals surface area contributed by atoms with Crippen molar-refractivity contribution < 1.29 is 5.11 Å². The molecule has 1 N–H and O–H groups in total. The summed E-state index contributed by atoms with van der Waals surface area (Å²) in [6.45, 7) is 6.52. The van der Waals surface area contributed by atoms with Crippen molar-refractivity contribution >= 4 is 0 Å². The van der Waals surface area contributed by atoms with E-state index in [0.717, 1.165) is 0 Å². The number of hydrogen-bond acceptors (Lipinski definition) is 1. The van der Waals surface area contributed by atoms with Gasteiger partial charge in [-0.25, -0.2) is 0 Å². The summed E-state index contributed by atoms with van der Waals surface area (Å²) in [5.41, 5.74) is 0. The van der Waals surface area contributed by atoms with Crippen molar-refractivity contribution in [1.29, 1.82) is 0 Å². The second-order valence-electron chi connectivity index (χ2n) is 6.27. The molecule has 0 aliphatic heterocycles. The Labute approximate surface area is 135 Å². The average molecular weight is 301 g/mol. The molecule has 0 aromatic heterocycles. The predicted octanol–water partition coefficient (Wildman–Crippen LogP) is 7.27. The second-order valence-corrected chi connectivity index (χ2v) is 6.27. The highest BCUT2D eigenvalue weighted by Crippen LogP contribution is 2.13. The Balaban J connectivity index is 0. The van der Waals surface area contributed by atoms with Gasteiger partial charge in [-0.15, -0.1) is 0 Å². The van der Waals surface area contributed by atoms with Crippen molar-refractivity contribution in [1.82, 2.24) is 0 Å². The van der Waals surface area contributed by atoms with Crippen LogP contribution in [-0.4, -0.2) is 11.7 Å². The first-order valence-electron chi connectivity index (χ1n) is 9.94. The minimum absolute atomic E-state index is 0.250. The van der Waals surface area contributed by atoms with Gasteiger partial charge in [-0.3, -0.25) is 0 Å². The molecular weight excluding hydrogens is 256 g/mol. The van der Waals surface area contributed by atoms with Crippen LogP contribution in [0.5, 0.6) is 0 Å². The molecule has 0 saturated heterocycles. The molecule has 0 radical (unpaired) electrons. The van der Waals surface area contributed by atoms with E-state index < -0.39 is 0 Å². The Morgan fingerprint density at radius 3 is 0.667 bits per heavy atom. The van der Waals surface area contributed by atoms with Crippen molar-refractivity contribution in [3.63, 3.8) is 0 Å². The first-order chi connectivity index (χ1) is 10.3. The minimum Gasteiger partial charge on any atom is -0.397 e. The zero-order valence-electron chi connectivity index (χ0n) is 15.5. The van der Waals surface area contributed by atoms with E-state index in [9.17, 15) is 0 Å². The zero-order valence-corrected chi connectivity index (χ0v) is 15.5. The SMILES string of the molecule is CCCCCCCCCCCCCCCCCC.CCO. The van der Waals surface area contributed by atoms with Crippen molar-refractivity contribution in [2.45, 2.75) is 124 Å². The van der Waals surface area contributed by atoms with Crippen LogP contribution in [0.25, 0.3) is 0 Å². The van der Waals surface area contributed by atoms with Crippen LogP contribution in [0.4, 0.5) is 0 Å². The molecule has 0 atom stereocenters. The van der Waals surface area contributed by atoms with Gasteiger partial charge >= 0.3 is 0 Å². The maximum Gasteiger partial charge on any atom is 0.0402 e. The maximum atomic E-state index is 7.57.